The number of rotatable bonds is 2. The van der Waals surface area contributed by atoms with Crippen LogP contribution in [0.25, 0.3) is 0 Å². The average molecular weight is 302 g/mol. The van der Waals surface area contributed by atoms with Gasteiger partial charge in [-0.3, -0.25) is 4.79 Å². The molecule has 0 N–H and O–H groups in total. The number of hydrogen-bond acceptors (Lipinski definition) is 4. The topological polar surface area (TPSA) is 52.6 Å². The van der Waals surface area contributed by atoms with E-state index < -0.39 is 11.8 Å². The molecular formula is C18H22O4. The van der Waals surface area contributed by atoms with Crippen molar-refractivity contribution in [1.82, 2.24) is 0 Å². The van der Waals surface area contributed by atoms with Gasteiger partial charge in [-0.1, -0.05) is 12.1 Å². The highest BCUT2D eigenvalue weighted by molar-refractivity contribution is 5.64. The third-order valence-corrected chi connectivity index (χ3v) is 4.37. The van der Waals surface area contributed by atoms with Crippen LogP contribution in [0.2, 0.25) is 0 Å². The average Bonchev–Trinajstić information content (AvgIpc) is 3.05. The van der Waals surface area contributed by atoms with E-state index in [1.54, 1.807) is 32.9 Å². The maximum Gasteiger partial charge on any atom is 0.514 e. The second-order valence-corrected chi connectivity index (χ2v) is 7.39. The molecule has 2 atom stereocenters. The summed E-state index contributed by atoms with van der Waals surface area (Å²) in [5, 5.41) is 0. The van der Waals surface area contributed by atoms with Crippen molar-refractivity contribution in [3.63, 3.8) is 0 Å². The van der Waals surface area contributed by atoms with Gasteiger partial charge in [0, 0.05) is 0 Å². The quantitative estimate of drug-likeness (QED) is 0.778. The van der Waals surface area contributed by atoms with Crippen molar-refractivity contribution < 1.29 is 14.3 Å². The predicted molar refractivity (Wildman–Crippen MR) is 83.1 cm³/mol. The Labute approximate surface area is 130 Å². The van der Waals surface area contributed by atoms with Crippen molar-refractivity contribution in [1.29, 1.82) is 0 Å². The maximum absolute atomic E-state index is 12.0. The van der Waals surface area contributed by atoms with Crippen LogP contribution in [-0.4, -0.2) is 11.8 Å². The lowest BCUT2D eigenvalue weighted by molar-refractivity contribution is 0.0204. The number of carbonyl (C=O) groups is 1. The van der Waals surface area contributed by atoms with Crippen LogP contribution in [0.3, 0.4) is 0 Å². The molecule has 2 saturated carbocycles. The molecule has 0 aliphatic heterocycles. The summed E-state index contributed by atoms with van der Waals surface area (Å²) in [5.74, 6) is 2.24. The summed E-state index contributed by atoms with van der Waals surface area (Å²) in [5.41, 5.74) is 0.125. The Balaban J connectivity index is 1.79. The number of ether oxygens (including phenoxy) is 2. The van der Waals surface area contributed by atoms with Crippen LogP contribution in [0.4, 0.5) is 4.79 Å². The second kappa shape index (κ2) is 5.41. The Hall–Kier alpha value is -1.84. The smallest absolute Gasteiger partial charge is 0.428 e. The molecular weight excluding hydrogens is 280 g/mol. The Morgan fingerprint density at radius 2 is 1.82 bits per heavy atom. The zero-order chi connectivity index (χ0) is 15.9. The molecule has 0 radical (unpaired) electrons. The molecule has 0 amide bonds. The van der Waals surface area contributed by atoms with Crippen LogP contribution >= 0.6 is 0 Å². The minimum Gasteiger partial charge on any atom is -0.428 e. The minimum atomic E-state index is -0.837. The molecule has 0 saturated heterocycles. The molecule has 0 aromatic heterocycles. The molecule has 1 aromatic carbocycles. The molecule has 1 aromatic rings. The maximum atomic E-state index is 12.0. The third-order valence-electron chi connectivity index (χ3n) is 4.37. The van der Waals surface area contributed by atoms with Crippen LogP contribution in [0, 0.1) is 11.8 Å². The van der Waals surface area contributed by atoms with Crippen molar-refractivity contribution in [3.8, 4) is 5.75 Å². The Morgan fingerprint density at radius 3 is 2.45 bits per heavy atom. The molecule has 22 heavy (non-hydrogen) atoms. The van der Waals surface area contributed by atoms with E-state index in [0.29, 0.717) is 5.92 Å². The van der Waals surface area contributed by atoms with E-state index >= 15 is 0 Å². The fourth-order valence-electron chi connectivity index (χ4n) is 3.28. The van der Waals surface area contributed by atoms with E-state index in [2.05, 4.69) is 0 Å². The molecule has 4 nitrogen and oxygen atoms in total. The SMILES string of the molecule is CC(C)(C)OC(=O)Oc1cc(C2CC3CC3C2)cccc1=O. The number of carbonyl (C=O) groups excluding carboxylic acids is 1. The first-order chi connectivity index (χ1) is 10.3. The van der Waals surface area contributed by atoms with Gasteiger partial charge in [0.15, 0.2) is 5.75 Å². The van der Waals surface area contributed by atoms with Crippen molar-refractivity contribution >= 4 is 6.16 Å². The van der Waals surface area contributed by atoms with E-state index in [-0.39, 0.29) is 11.2 Å². The van der Waals surface area contributed by atoms with Crippen molar-refractivity contribution in [2.24, 2.45) is 11.8 Å². The lowest BCUT2D eigenvalue weighted by atomic mass is 9.95. The Morgan fingerprint density at radius 1 is 1.14 bits per heavy atom. The highest BCUT2D eigenvalue weighted by atomic mass is 16.7. The van der Waals surface area contributed by atoms with Gasteiger partial charge < -0.3 is 9.47 Å². The Bertz CT molecular complexity index is 634. The lowest BCUT2D eigenvalue weighted by Crippen LogP contribution is -2.27. The van der Waals surface area contributed by atoms with E-state index in [0.717, 1.165) is 17.4 Å². The van der Waals surface area contributed by atoms with Gasteiger partial charge in [-0.2, -0.15) is 0 Å². The van der Waals surface area contributed by atoms with Gasteiger partial charge >= 0.3 is 6.16 Å². The van der Waals surface area contributed by atoms with Crippen molar-refractivity contribution in [3.05, 3.63) is 40.1 Å². The highest BCUT2D eigenvalue weighted by Gasteiger charge is 2.46. The van der Waals surface area contributed by atoms with Gasteiger partial charge in [0.05, 0.1) is 0 Å². The largest absolute Gasteiger partial charge is 0.514 e. The zero-order valence-corrected chi connectivity index (χ0v) is 13.3. The van der Waals surface area contributed by atoms with Gasteiger partial charge in [0.2, 0.25) is 5.43 Å². The van der Waals surface area contributed by atoms with Gasteiger partial charge in [0.25, 0.3) is 0 Å². The van der Waals surface area contributed by atoms with Crippen LogP contribution in [-0.2, 0) is 4.74 Å². The van der Waals surface area contributed by atoms with E-state index in [4.69, 9.17) is 9.47 Å². The summed E-state index contributed by atoms with van der Waals surface area (Å²) >= 11 is 0. The summed E-state index contributed by atoms with van der Waals surface area (Å²) in [6.07, 6.45) is 2.86. The molecule has 3 rings (SSSR count). The molecule has 2 fully saturated rings. The first-order valence-corrected chi connectivity index (χ1v) is 7.87. The summed E-state index contributed by atoms with van der Waals surface area (Å²) in [7, 11) is 0. The van der Waals surface area contributed by atoms with Crippen LogP contribution in [0.5, 0.6) is 5.75 Å². The Kier molecular flexibility index (Phi) is 3.71. The first-order valence-electron chi connectivity index (χ1n) is 7.87. The molecule has 118 valence electrons. The zero-order valence-electron chi connectivity index (χ0n) is 13.3. The molecule has 0 bridgehead atoms. The van der Waals surface area contributed by atoms with Gasteiger partial charge in [0.1, 0.15) is 5.60 Å². The monoisotopic (exact) mass is 302 g/mol. The first kappa shape index (κ1) is 15.1. The molecule has 0 spiro atoms. The van der Waals surface area contributed by atoms with E-state index in [9.17, 15) is 9.59 Å². The number of fused-ring (bicyclic) bond motifs is 1. The third kappa shape index (κ3) is 3.49. The van der Waals surface area contributed by atoms with Crippen LogP contribution in [0.1, 0.15) is 51.5 Å². The summed E-state index contributed by atoms with van der Waals surface area (Å²) in [6.45, 7) is 5.27. The van der Waals surface area contributed by atoms with E-state index in [1.165, 1.54) is 25.3 Å². The minimum absolute atomic E-state index is 0.0508. The van der Waals surface area contributed by atoms with Crippen LogP contribution < -0.4 is 10.2 Å². The molecule has 2 aliphatic carbocycles. The lowest BCUT2D eigenvalue weighted by Gasteiger charge is -2.18. The number of hydrogen-bond donors (Lipinski definition) is 0. The molecule has 2 unspecified atom stereocenters. The van der Waals surface area contributed by atoms with Crippen LogP contribution in [0.15, 0.2) is 29.1 Å². The summed E-state index contributed by atoms with van der Waals surface area (Å²) in [6, 6.07) is 6.84. The van der Waals surface area contributed by atoms with Crippen molar-refractivity contribution in [2.45, 2.75) is 51.6 Å². The molecule has 0 heterocycles. The van der Waals surface area contributed by atoms with E-state index in [1.807, 2.05) is 6.07 Å². The fraction of sp³-hybridized carbons (Fsp3) is 0.556. The van der Waals surface area contributed by atoms with Crippen molar-refractivity contribution in [2.75, 3.05) is 0 Å². The highest BCUT2D eigenvalue weighted by Crippen LogP contribution is 2.57. The second-order valence-electron chi connectivity index (χ2n) is 7.39. The van der Waals surface area contributed by atoms with Gasteiger partial charge in [-0.25, -0.2) is 4.79 Å². The molecule has 4 heteroatoms. The summed E-state index contributed by atoms with van der Waals surface area (Å²) < 4.78 is 10.3. The molecule has 2 aliphatic rings. The fourth-order valence-corrected chi connectivity index (χ4v) is 3.28. The summed E-state index contributed by atoms with van der Waals surface area (Å²) in [4.78, 5) is 23.8. The van der Waals surface area contributed by atoms with Gasteiger partial charge in [-0.15, -0.1) is 0 Å². The van der Waals surface area contributed by atoms with Gasteiger partial charge in [-0.05, 0) is 75.5 Å². The standard InChI is InChI=1S/C18H22O4/c1-18(2,3)22-17(20)21-16-10-11(5-4-6-15(16)19)12-7-13-9-14(13)8-12/h4-6,10,12-14H,7-9H2,1-3H3. The normalized spacial score (nSPS) is 26.2. The predicted octanol–water partition coefficient (Wildman–Crippen LogP) is 3.87.